The molecule has 0 bridgehead atoms. The van der Waals surface area contributed by atoms with Crippen molar-refractivity contribution in [3.8, 4) is 0 Å². The lowest BCUT2D eigenvalue weighted by atomic mass is 10.1. The Morgan fingerprint density at radius 3 is 1.67 bits per heavy atom. The van der Waals surface area contributed by atoms with Crippen molar-refractivity contribution in [3.05, 3.63) is 0 Å². The SMILES string of the molecule is CCC(=O)CCCCCCCCCC[N+](C)(C)C. The molecule has 0 amide bonds. The summed E-state index contributed by atoms with van der Waals surface area (Å²) in [6.07, 6.45) is 12.0. The number of carbonyl (C=O) groups excluding carboxylic acids is 1. The number of rotatable bonds is 12. The van der Waals surface area contributed by atoms with E-state index < -0.39 is 0 Å². The first-order valence-electron chi connectivity index (χ1n) is 7.78. The predicted octanol–water partition coefficient (Wildman–Crippen LogP) is 4.18. The second-order valence-electron chi connectivity index (χ2n) is 6.48. The maximum absolute atomic E-state index is 11.1. The summed E-state index contributed by atoms with van der Waals surface area (Å²) in [6.45, 7) is 3.25. The lowest BCUT2D eigenvalue weighted by Crippen LogP contribution is -2.35. The Bertz CT molecular complexity index is 206. The molecule has 0 aliphatic carbocycles. The van der Waals surface area contributed by atoms with Gasteiger partial charge in [-0.2, -0.15) is 0 Å². The van der Waals surface area contributed by atoms with E-state index in [4.69, 9.17) is 0 Å². The van der Waals surface area contributed by atoms with E-state index in [2.05, 4.69) is 21.1 Å². The Labute approximate surface area is 114 Å². The van der Waals surface area contributed by atoms with Crippen molar-refractivity contribution in [2.45, 2.75) is 71.1 Å². The highest BCUT2D eigenvalue weighted by atomic mass is 16.1. The van der Waals surface area contributed by atoms with Crippen LogP contribution in [0.2, 0.25) is 0 Å². The van der Waals surface area contributed by atoms with Crippen LogP contribution in [-0.2, 0) is 4.79 Å². The first kappa shape index (κ1) is 17.6. The van der Waals surface area contributed by atoms with Crippen LogP contribution in [0.25, 0.3) is 0 Å². The van der Waals surface area contributed by atoms with Crippen LogP contribution in [0.1, 0.15) is 71.1 Å². The van der Waals surface area contributed by atoms with Gasteiger partial charge in [0.15, 0.2) is 0 Å². The maximum atomic E-state index is 11.1. The zero-order valence-electron chi connectivity index (χ0n) is 13.1. The van der Waals surface area contributed by atoms with Gasteiger partial charge in [-0.15, -0.1) is 0 Å². The summed E-state index contributed by atoms with van der Waals surface area (Å²) in [5, 5.41) is 0. The van der Waals surface area contributed by atoms with E-state index in [1.54, 1.807) is 0 Å². The van der Waals surface area contributed by atoms with Crippen molar-refractivity contribution in [2.24, 2.45) is 0 Å². The molecule has 0 atom stereocenters. The van der Waals surface area contributed by atoms with Crippen LogP contribution in [0.5, 0.6) is 0 Å². The highest BCUT2D eigenvalue weighted by Gasteiger charge is 2.05. The third kappa shape index (κ3) is 13.7. The van der Waals surface area contributed by atoms with Gasteiger partial charge in [0.1, 0.15) is 5.78 Å². The second kappa shape index (κ2) is 10.5. The van der Waals surface area contributed by atoms with Crippen LogP contribution < -0.4 is 0 Å². The van der Waals surface area contributed by atoms with Gasteiger partial charge in [-0.05, 0) is 19.3 Å². The lowest BCUT2D eigenvalue weighted by molar-refractivity contribution is -0.870. The fourth-order valence-corrected chi connectivity index (χ4v) is 2.15. The van der Waals surface area contributed by atoms with Gasteiger partial charge in [-0.25, -0.2) is 0 Å². The average Bonchev–Trinajstić information content (AvgIpc) is 2.29. The Morgan fingerprint density at radius 1 is 0.778 bits per heavy atom. The van der Waals surface area contributed by atoms with Crippen molar-refractivity contribution in [1.82, 2.24) is 0 Å². The van der Waals surface area contributed by atoms with Crippen molar-refractivity contribution in [3.63, 3.8) is 0 Å². The smallest absolute Gasteiger partial charge is 0.132 e. The first-order chi connectivity index (χ1) is 8.45. The highest BCUT2D eigenvalue weighted by Crippen LogP contribution is 2.10. The Morgan fingerprint density at radius 2 is 1.22 bits per heavy atom. The molecule has 18 heavy (non-hydrogen) atoms. The van der Waals surface area contributed by atoms with E-state index in [9.17, 15) is 4.79 Å². The number of hydrogen-bond acceptors (Lipinski definition) is 1. The van der Waals surface area contributed by atoms with Gasteiger partial charge >= 0.3 is 0 Å². The monoisotopic (exact) mass is 256 g/mol. The number of Topliss-reactive ketones (excluding diaryl/α,β-unsaturated/α-hetero) is 1. The van der Waals surface area contributed by atoms with Gasteiger partial charge in [0.25, 0.3) is 0 Å². The Kier molecular flexibility index (Phi) is 10.3. The number of carbonyl (C=O) groups is 1. The van der Waals surface area contributed by atoms with Crippen molar-refractivity contribution < 1.29 is 9.28 Å². The van der Waals surface area contributed by atoms with E-state index in [1.807, 2.05) is 6.92 Å². The molecule has 0 rings (SSSR count). The summed E-state index contributed by atoms with van der Waals surface area (Å²) in [5.41, 5.74) is 0. The molecule has 0 heterocycles. The summed E-state index contributed by atoms with van der Waals surface area (Å²) in [7, 11) is 6.78. The van der Waals surface area contributed by atoms with Gasteiger partial charge < -0.3 is 4.48 Å². The van der Waals surface area contributed by atoms with E-state index in [-0.39, 0.29) is 0 Å². The molecule has 2 heteroatoms. The third-order valence-corrected chi connectivity index (χ3v) is 3.43. The van der Waals surface area contributed by atoms with Crippen LogP contribution in [0.3, 0.4) is 0 Å². The Balaban J connectivity index is 3.10. The molecule has 0 radical (unpaired) electrons. The largest absolute Gasteiger partial charge is 0.331 e. The van der Waals surface area contributed by atoms with Gasteiger partial charge in [0, 0.05) is 12.8 Å². The summed E-state index contributed by atoms with van der Waals surface area (Å²) < 4.78 is 1.09. The number of unbranched alkanes of at least 4 members (excludes halogenated alkanes) is 7. The zero-order valence-corrected chi connectivity index (χ0v) is 13.1. The van der Waals surface area contributed by atoms with Gasteiger partial charge in [-0.3, -0.25) is 4.79 Å². The van der Waals surface area contributed by atoms with Crippen molar-refractivity contribution in [1.29, 1.82) is 0 Å². The average molecular weight is 256 g/mol. The van der Waals surface area contributed by atoms with Crippen LogP contribution >= 0.6 is 0 Å². The number of hydrogen-bond donors (Lipinski definition) is 0. The van der Waals surface area contributed by atoms with Crippen LogP contribution in [0.15, 0.2) is 0 Å². The topological polar surface area (TPSA) is 17.1 Å². The minimum Gasteiger partial charge on any atom is -0.331 e. The van der Waals surface area contributed by atoms with Crippen molar-refractivity contribution in [2.75, 3.05) is 27.7 Å². The number of ketones is 1. The minimum atomic E-state index is 0.426. The van der Waals surface area contributed by atoms with Crippen LogP contribution in [0, 0.1) is 0 Å². The second-order valence-corrected chi connectivity index (χ2v) is 6.48. The molecule has 0 N–H and O–H groups in total. The molecule has 0 aromatic carbocycles. The molecular formula is C16H34NO+. The fourth-order valence-electron chi connectivity index (χ4n) is 2.15. The maximum Gasteiger partial charge on any atom is 0.132 e. The highest BCUT2D eigenvalue weighted by molar-refractivity contribution is 5.77. The molecular weight excluding hydrogens is 222 g/mol. The minimum absolute atomic E-state index is 0.426. The van der Waals surface area contributed by atoms with Crippen molar-refractivity contribution >= 4 is 5.78 Å². The molecule has 0 fully saturated rings. The molecule has 0 aliphatic rings. The molecule has 108 valence electrons. The lowest BCUT2D eigenvalue weighted by Gasteiger charge is -2.23. The molecule has 2 nitrogen and oxygen atoms in total. The predicted molar refractivity (Wildman–Crippen MR) is 79.8 cm³/mol. The Hall–Kier alpha value is -0.370. The fraction of sp³-hybridized carbons (Fsp3) is 0.938. The summed E-state index contributed by atoms with van der Waals surface area (Å²) in [5.74, 6) is 0.426. The molecule has 0 spiro atoms. The summed E-state index contributed by atoms with van der Waals surface area (Å²) in [6, 6.07) is 0. The quantitative estimate of drug-likeness (QED) is 0.378. The summed E-state index contributed by atoms with van der Waals surface area (Å²) in [4.78, 5) is 11.1. The molecule has 0 aromatic rings. The normalized spacial score (nSPS) is 11.8. The summed E-state index contributed by atoms with van der Waals surface area (Å²) >= 11 is 0. The molecule has 0 unspecified atom stereocenters. The van der Waals surface area contributed by atoms with E-state index in [0.29, 0.717) is 12.2 Å². The molecule has 0 aromatic heterocycles. The molecule has 0 aliphatic heterocycles. The zero-order chi connectivity index (χ0) is 13.9. The van der Waals surface area contributed by atoms with E-state index >= 15 is 0 Å². The van der Waals surface area contributed by atoms with Gasteiger partial charge in [0.2, 0.25) is 0 Å². The third-order valence-electron chi connectivity index (χ3n) is 3.43. The standard InChI is InChI=1S/C16H34NO/c1-5-16(18)14-12-10-8-6-7-9-11-13-15-17(2,3)4/h5-15H2,1-4H3/q+1. The molecule has 0 saturated heterocycles. The van der Waals surface area contributed by atoms with Gasteiger partial charge in [0.05, 0.1) is 27.7 Å². The number of nitrogens with zero attached hydrogens (tertiary/aromatic N) is 1. The van der Waals surface area contributed by atoms with Crippen LogP contribution in [-0.4, -0.2) is 38.0 Å². The van der Waals surface area contributed by atoms with Gasteiger partial charge in [-0.1, -0.05) is 39.0 Å². The van der Waals surface area contributed by atoms with E-state index in [0.717, 1.165) is 17.3 Å². The first-order valence-corrected chi connectivity index (χ1v) is 7.78. The van der Waals surface area contributed by atoms with Crippen LogP contribution in [0.4, 0.5) is 0 Å². The van der Waals surface area contributed by atoms with E-state index in [1.165, 1.54) is 51.5 Å². The number of quaternary nitrogens is 1. The molecule has 0 saturated carbocycles.